The molecule has 5 rings (SSSR count). The second kappa shape index (κ2) is 11.7. The van der Waals surface area contributed by atoms with Crippen molar-refractivity contribution < 1.29 is 23.7 Å². The molecule has 0 bridgehead atoms. The Morgan fingerprint density at radius 2 is 1.69 bits per heavy atom. The third-order valence-electron chi connectivity index (χ3n) is 6.48. The third-order valence-corrected chi connectivity index (χ3v) is 6.48. The van der Waals surface area contributed by atoms with Crippen LogP contribution in [0.5, 0.6) is 23.0 Å². The van der Waals surface area contributed by atoms with Crippen molar-refractivity contribution in [3.8, 4) is 34.1 Å². The zero-order valence-electron chi connectivity index (χ0n) is 22.5. The van der Waals surface area contributed by atoms with Crippen molar-refractivity contribution in [2.24, 2.45) is 0 Å². The maximum absolute atomic E-state index is 12.6. The molecule has 1 aromatic heterocycles. The normalized spacial score (nSPS) is 13.6. The highest BCUT2D eigenvalue weighted by atomic mass is 16.5. The van der Waals surface area contributed by atoms with Crippen molar-refractivity contribution in [2.45, 2.75) is 25.8 Å². The highest BCUT2D eigenvalue weighted by Crippen LogP contribution is 2.50. The molecule has 1 heterocycles. The summed E-state index contributed by atoms with van der Waals surface area (Å²) >= 11 is 0. The average Bonchev–Trinajstić information content (AvgIpc) is 3.15. The number of ether oxygens (including phenoxy) is 4. The largest absolute Gasteiger partial charge is 0.493 e. The van der Waals surface area contributed by atoms with E-state index in [1.54, 1.807) is 27.4 Å². The molecule has 1 aliphatic rings. The molecule has 0 unspecified atom stereocenters. The van der Waals surface area contributed by atoms with Gasteiger partial charge < -0.3 is 30.1 Å². The van der Waals surface area contributed by atoms with E-state index in [0.29, 0.717) is 35.7 Å². The van der Waals surface area contributed by atoms with E-state index >= 15 is 0 Å². The molecule has 0 radical (unpaired) electrons. The molecule has 3 N–H and O–H groups in total. The van der Waals surface area contributed by atoms with Gasteiger partial charge in [-0.15, -0.1) is 5.10 Å². The minimum Gasteiger partial charge on any atom is -0.493 e. The molecule has 0 saturated carbocycles. The minimum atomic E-state index is -0.332. The van der Waals surface area contributed by atoms with Crippen LogP contribution < -0.4 is 35.5 Å². The number of nitrogens with zero attached hydrogens (tertiary/aromatic N) is 3. The summed E-state index contributed by atoms with van der Waals surface area (Å²) in [5.74, 6) is 7.02. The van der Waals surface area contributed by atoms with Crippen molar-refractivity contribution in [2.75, 3.05) is 34.3 Å². The summed E-state index contributed by atoms with van der Waals surface area (Å²) < 4.78 is 22.0. The van der Waals surface area contributed by atoms with Crippen LogP contribution in [0, 0.1) is 0 Å². The number of aryl methyl sites for hydroxylation is 1. The second-order valence-electron chi connectivity index (χ2n) is 8.77. The summed E-state index contributed by atoms with van der Waals surface area (Å²) in [5, 5.41) is 10.4. The Morgan fingerprint density at radius 1 is 0.974 bits per heavy atom. The number of carbonyl (C=O) groups excluding carboxylic acids is 1. The Balaban J connectivity index is 0.000000292. The number of benzene rings is 2. The van der Waals surface area contributed by atoms with Gasteiger partial charge in [0.05, 0.1) is 34.5 Å². The molecule has 3 aromatic carbocycles. The zero-order chi connectivity index (χ0) is 28.1. The highest BCUT2D eigenvalue weighted by molar-refractivity contribution is 5.83. The molecule has 1 aliphatic carbocycles. The number of hydrogen-bond donors (Lipinski definition) is 2. The van der Waals surface area contributed by atoms with Crippen LogP contribution >= 0.6 is 0 Å². The summed E-state index contributed by atoms with van der Waals surface area (Å²) in [7, 11) is 6.14. The van der Waals surface area contributed by atoms with Gasteiger partial charge in [0.15, 0.2) is 17.2 Å². The van der Waals surface area contributed by atoms with Crippen LogP contribution in [0.2, 0.25) is 0 Å². The Hall–Kier alpha value is -4.80. The van der Waals surface area contributed by atoms with E-state index < -0.39 is 0 Å². The van der Waals surface area contributed by atoms with Crippen molar-refractivity contribution in [1.29, 1.82) is 0 Å². The molecule has 11 heteroatoms. The standard InChI is InChI=1S/C22H25NO6.C6H6N4/c1-12(24)23-16-8-6-13-10-19(27-3)21(28-4)22(29-5)20(13)14-7-9-18(26-2)17(25)11-15(14)16;7-10-6-4-2-1-3-5(6)8-9-10/h7,9-11,16H,6,8H2,1-5H3,(H,23,24);1-4H,7H2/t16-;/m0./s1. The first-order valence-corrected chi connectivity index (χ1v) is 12.2. The summed E-state index contributed by atoms with van der Waals surface area (Å²) in [5.41, 5.74) is 4.68. The van der Waals surface area contributed by atoms with Gasteiger partial charge in [0.25, 0.3) is 0 Å². The summed E-state index contributed by atoms with van der Waals surface area (Å²) in [6.45, 7) is 1.46. The number of para-hydroxylation sites is 1. The first-order valence-electron chi connectivity index (χ1n) is 12.2. The van der Waals surface area contributed by atoms with Crippen LogP contribution in [0.4, 0.5) is 0 Å². The van der Waals surface area contributed by atoms with Crippen LogP contribution in [-0.4, -0.2) is 49.4 Å². The molecule has 0 fully saturated rings. The predicted molar refractivity (Wildman–Crippen MR) is 147 cm³/mol. The Labute approximate surface area is 225 Å². The lowest BCUT2D eigenvalue weighted by molar-refractivity contribution is -0.119. The smallest absolute Gasteiger partial charge is 0.220 e. The van der Waals surface area contributed by atoms with Crippen LogP contribution in [0.15, 0.2) is 53.3 Å². The van der Waals surface area contributed by atoms with Crippen molar-refractivity contribution in [3.63, 3.8) is 0 Å². The molecule has 0 spiro atoms. The van der Waals surface area contributed by atoms with E-state index in [4.69, 9.17) is 24.8 Å². The monoisotopic (exact) mass is 533 g/mol. The molecule has 11 nitrogen and oxygen atoms in total. The van der Waals surface area contributed by atoms with Crippen LogP contribution in [0.3, 0.4) is 0 Å². The zero-order valence-corrected chi connectivity index (χ0v) is 22.5. The Morgan fingerprint density at radius 3 is 2.33 bits per heavy atom. The number of nitrogen functional groups attached to an aromatic ring is 1. The number of methoxy groups -OCH3 is 4. The van der Waals surface area contributed by atoms with Gasteiger partial charge in [-0.05, 0) is 65.1 Å². The number of amides is 1. The number of carbonyl (C=O) groups is 1. The number of rotatable bonds is 5. The molecule has 1 amide bonds. The summed E-state index contributed by atoms with van der Waals surface area (Å²) in [6, 6.07) is 14.1. The molecular formula is C28H31N5O6. The van der Waals surface area contributed by atoms with Gasteiger partial charge in [-0.25, -0.2) is 0 Å². The van der Waals surface area contributed by atoms with Crippen molar-refractivity contribution in [3.05, 3.63) is 69.9 Å². The van der Waals surface area contributed by atoms with Gasteiger partial charge in [0, 0.05) is 12.5 Å². The molecule has 39 heavy (non-hydrogen) atoms. The lowest BCUT2D eigenvalue weighted by atomic mass is 9.95. The lowest BCUT2D eigenvalue weighted by Crippen LogP contribution is -2.26. The van der Waals surface area contributed by atoms with Crippen molar-refractivity contribution in [1.82, 2.24) is 20.4 Å². The molecular weight excluding hydrogens is 502 g/mol. The number of fused-ring (bicyclic) bond motifs is 4. The Bertz CT molecular complexity index is 1570. The molecule has 1 atom stereocenters. The van der Waals surface area contributed by atoms with Gasteiger partial charge in [-0.3, -0.25) is 9.59 Å². The summed E-state index contributed by atoms with van der Waals surface area (Å²) in [4.78, 5) is 25.7. The van der Waals surface area contributed by atoms with Gasteiger partial charge in [0.2, 0.25) is 17.1 Å². The second-order valence-corrected chi connectivity index (χ2v) is 8.77. The maximum atomic E-state index is 12.6. The molecule has 4 aromatic rings. The first kappa shape index (κ1) is 27.2. The van der Waals surface area contributed by atoms with Crippen LogP contribution in [0.25, 0.3) is 22.2 Å². The van der Waals surface area contributed by atoms with Crippen molar-refractivity contribution >= 4 is 16.9 Å². The SMILES string of the molecule is COc1cc2c(c(OC)c1OC)-c1ccc(OC)c(=O)cc1[C@@H](NC(C)=O)CC2.Nn1nnc2ccccc21. The molecule has 204 valence electrons. The first-order chi connectivity index (χ1) is 18.8. The summed E-state index contributed by atoms with van der Waals surface area (Å²) in [6.07, 6.45) is 1.27. The van der Waals surface area contributed by atoms with Gasteiger partial charge >= 0.3 is 0 Å². The van der Waals surface area contributed by atoms with E-state index in [9.17, 15) is 9.59 Å². The Kier molecular flexibility index (Phi) is 8.18. The van der Waals surface area contributed by atoms with E-state index in [2.05, 4.69) is 15.6 Å². The fraction of sp³-hybridized carbons (Fsp3) is 0.286. The predicted octanol–water partition coefficient (Wildman–Crippen LogP) is 3.02. The maximum Gasteiger partial charge on any atom is 0.220 e. The fourth-order valence-electron chi connectivity index (χ4n) is 4.75. The number of nitrogens with two attached hydrogens (primary N) is 1. The number of hydrogen-bond acceptors (Lipinski definition) is 9. The quantitative estimate of drug-likeness (QED) is 0.371. The number of aromatic nitrogens is 3. The van der Waals surface area contributed by atoms with E-state index in [1.807, 2.05) is 36.4 Å². The van der Waals surface area contributed by atoms with E-state index in [1.165, 1.54) is 24.9 Å². The van der Waals surface area contributed by atoms with E-state index in [0.717, 1.165) is 27.7 Å². The fourth-order valence-corrected chi connectivity index (χ4v) is 4.75. The van der Waals surface area contributed by atoms with Gasteiger partial charge in [0.1, 0.15) is 11.0 Å². The van der Waals surface area contributed by atoms with Gasteiger partial charge in [-0.2, -0.15) is 4.79 Å². The molecule has 0 saturated heterocycles. The lowest BCUT2D eigenvalue weighted by Gasteiger charge is -2.19. The highest BCUT2D eigenvalue weighted by Gasteiger charge is 2.29. The van der Waals surface area contributed by atoms with Gasteiger partial charge in [-0.1, -0.05) is 18.2 Å². The minimum absolute atomic E-state index is 0.167. The van der Waals surface area contributed by atoms with E-state index in [-0.39, 0.29) is 23.1 Å². The topological polar surface area (TPSA) is 140 Å². The van der Waals surface area contributed by atoms with Crippen LogP contribution in [-0.2, 0) is 11.2 Å². The van der Waals surface area contributed by atoms with Crippen LogP contribution in [0.1, 0.15) is 30.5 Å². The molecule has 0 aliphatic heterocycles. The average molecular weight is 534 g/mol. The number of nitrogens with one attached hydrogen (secondary N) is 1. The third kappa shape index (κ3) is 5.42.